The number of anilines is 1. The van der Waals surface area contributed by atoms with Crippen LogP contribution in [-0.4, -0.2) is 43.8 Å². The monoisotopic (exact) mass is 633 g/mol. The highest BCUT2D eigenvalue weighted by Gasteiger charge is 2.32. The van der Waals surface area contributed by atoms with Crippen molar-refractivity contribution in [1.82, 2.24) is 10.2 Å². The van der Waals surface area contributed by atoms with E-state index in [0.29, 0.717) is 5.69 Å². The van der Waals surface area contributed by atoms with Crippen molar-refractivity contribution in [1.29, 1.82) is 0 Å². The molecule has 0 aliphatic carbocycles. The largest absolute Gasteiger partial charge is 0.352 e. The fraction of sp³-hybridized carbons (Fsp3) is 0.286. The van der Waals surface area contributed by atoms with Crippen LogP contribution in [0.2, 0.25) is 0 Å². The number of sulfonamides is 1. The minimum Gasteiger partial charge on any atom is -0.352 e. The molecule has 2 amide bonds. The van der Waals surface area contributed by atoms with Crippen molar-refractivity contribution in [3.8, 4) is 0 Å². The maximum Gasteiger partial charge on any atom is 0.264 e. The second-order valence-electron chi connectivity index (χ2n) is 9.15. The van der Waals surface area contributed by atoms with Gasteiger partial charge < -0.3 is 10.2 Å². The summed E-state index contributed by atoms with van der Waals surface area (Å²) in [6, 6.07) is 21.7. The number of rotatable bonds is 10. The third-order valence-corrected chi connectivity index (χ3v) is 8.30. The quantitative estimate of drug-likeness (QED) is 0.327. The molecule has 0 aliphatic heterocycles. The van der Waals surface area contributed by atoms with Crippen LogP contribution in [0.5, 0.6) is 0 Å². The number of hydrogen-bond acceptors (Lipinski definition) is 4. The predicted octanol–water partition coefficient (Wildman–Crippen LogP) is 4.74. The second kappa shape index (κ2) is 12.6. The number of hydrogen-bond donors (Lipinski definition) is 1. The number of nitrogens with one attached hydrogen (secondary N) is 1. The Balaban J connectivity index is 2.00. The zero-order chi connectivity index (χ0) is 27.2. The smallest absolute Gasteiger partial charge is 0.264 e. The summed E-state index contributed by atoms with van der Waals surface area (Å²) < 4.78 is 29.4. The van der Waals surface area contributed by atoms with Crippen LogP contribution in [0.1, 0.15) is 31.9 Å². The van der Waals surface area contributed by atoms with Gasteiger partial charge in [0.05, 0.1) is 10.6 Å². The molecule has 9 heteroatoms. The molecule has 0 aromatic heterocycles. The Bertz CT molecular complexity index is 1310. The third-order valence-electron chi connectivity index (χ3n) is 5.80. The van der Waals surface area contributed by atoms with Gasteiger partial charge in [0, 0.05) is 16.2 Å². The van der Waals surface area contributed by atoms with Crippen LogP contribution in [0.4, 0.5) is 5.69 Å². The molecular formula is C28H32IN3O4S. The molecule has 0 heterocycles. The summed E-state index contributed by atoms with van der Waals surface area (Å²) in [4.78, 5) is 28.2. The van der Waals surface area contributed by atoms with Gasteiger partial charge in [-0.25, -0.2) is 8.42 Å². The Labute approximate surface area is 233 Å². The Morgan fingerprint density at radius 3 is 2.05 bits per heavy atom. The molecule has 0 bridgehead atoms. The Kier molecular flexibility index (Phi) is 9.72. The van der Waals surface area contributed by atoms with E-state index < -0.39 is 28.5 Å². The van der Waals surface area contributed by atoms with Gasteiger partial charge in [-0.3, -0.25) is 13.9 Å². The second-order valence-corrected chi connectivity index (χ2v) is 12.3. The molecule has 37 heavy (non-hydrogen) atoms. The van der Waals surface area contributed by atoms with Gasteiger partial charge in [-0.05, 0) is 92.2 Å². The molecule has 1 N–H and O–H groups in total. The summed E-state index contributed by atoms with van der Waals surface area (Å²) in [5.41, 5.74) is 2.29. The number of amides is 2. The average Bonchev–Trinajstić information content (AvgIpc) is 2.87. The van der Waals surface area contributed by atoms with Crippen LogP contribution < -0.4 is 9.62 Å². The van der Waals surface area contributed by atoms with E-state index >= 15 is 0 Å². The van der Waals surface area contributed by atoms with Crippen molar-refractivity contribution in [2.24, 2.45) is 0 Å². The van der Waals surface area contributed by atoms with Gasteiger partial charge in [0.15, 0.2) is 0 Å². The van der Waals surface area contributed by atoms with Crippen molar-refractivity contribution in [2.45, 2.75) is 51.2 Å². The van der Waals surface area contributed by atoms with E-state index in [1.165, 1.54) is 17.0 Å². The average molecular weight is 634 g/mol. The molecule has 0 fully saturated rings. The van der Waals surface area contributed by atoms with Gasteiger partial charge in [0.2, 0.25) is 11.8 Å². The molecule has 0 radical (unpaired) electrons. The zero-order valence-corrected chi connectivity index (χ0v) is 24.4. The number of aryl methyl sites for hydroxylation is 1. The first kappa shape index (κ1) is 28.6. The first-order valence-electron chi connectivity index (χ1n) is 12.0. The van der Waals surface area contributed by atoms with Crippen LogP contribution in [0, 0.1) is 10.5 Å². The van der Waals surface area contributed by atoms with E-state index in [9.17, 15) is 18.0 Å². The molecule has 0 spiro atoms. The van der Waals surface area contributed by atoms with Gasteiger partial charge in [0.25, 0.3) is 10.0 Å². The number of carbonyl (C=O) groups excluding carboxylic acids is 2. The summed E-state index contributed by atoms with van der Waals surface area (Å²) in [6.45, 7) is 7.04. The zero-order valence-electron chi connectivity index (χ0n) is 21.4. The van der Waals surface area contributed by atoms with Crippen molar-refractivity contribution in [3.05, 3.63) is 93.6 Å². The molecular weight excluding hydrogens is 601 g/mol. The van der Waals surface area contributed by atoms with Gasteiger partial charge in [-0.15, -0.1) is 0 Å². The van der Waals surface area contributed by atoms with E-state index in [2.05, 4.69) is 27.9 Å². The third kappa shape index (κ3) is 7.54. The first-order chi connectivity index (χ1) is 17.5. The lowest BCUT2D eigenvalue weighted by Gasteiger charge is -2.32. The molecule has 3 aromatic rings. The molecule has 1 unspecified atom stereocenters. The van der Waals surface area contributed by atoms with Crippen molar-refractivity contribution in [3.63, 3.8) is 0 Å². The van der Waals surface area contributed by atoms with Crippen LogP contribution in [0.15, 0.2) is 83.8 Å². The Morgan fingerprint density at radius 1 is 0.892 bits per heavy atom. The minimum absolute atomic E-state index is 0.0806. The van der Waals surface area contributed by atoms with Crippen molar-refractivity contribution in [2.75, 3.05) is 10.8 Å². The Morgan fingerprint density at radius 2 is 1.49 bits per heavy atom. The van der Waals surface area contributed by atoms with Gasteiger partial charge in [0.1, 0.15) is 12.6 Å². The van der Waals surface area contributed by atoms with Gasteiger partial charge >= 0.3 is 0 Å². The summed E-state index contributed by atoms with van der Waals surface area (Å²) in [5.74, 6) is -0.785. The van der Waals surface area contributed by atoms with E-state index in [-0.39, 0.29) is 23.4 Å². The highest BCUT2D eigenvalue weighted by molar-refractivity contribution is 14.1. The molecule has 0 saturated carbocycles. The van der Waals surface area contributed by atoms with E-state index in [4.69, 9.17) is 0 Å². The van der Waals surface area contributed by atoms with Crippen LogP contribution >= 0.6 is 22.6 Å². The molecule has 196 valence electrons. The summed E-state index contributed by atoms with van der Waals surface area (Å²) in [5, 5.41) is 2.85. The molecule has 3 aromatic carbocycles. The Hall–Kier alpha value is -2.92. The predicted molar refractivity (Wildman–Crippen MR) is 155 cm³/mol. The van der Waals surface area contributed by atoms with Crippen molar-refractivity contribution < 1.29 is 18.0 Å². The van der Waals surface area contributed by atoms with Crippen LogP contribution in [-0.2, 0) is 26.2 Å². The first-order valence-corrected chi connectivity index (χ1v) is 14.5. The van der Waals surface area contributed by atoms with E-state index in [1.54, 1.807) is 49.4 Å². The highest BCUT2D eigenvalue weighted by Crippen LogP contribution is 2.25. The van der Waals surface area contributed by atoms with Crippen LogP contribution in [0.25, 0.3) is 0 Å². The molecule has 0 aliphatic rings. The topological polar surface area (TPSA) is 86.8 Å². The van der Waals surface area contributed by atoms with E-state index in [0.717, 1.165) is 19.0 Å². The maximum absolute atomic E-state index is 13.8. The fourth-order valence-electron chi connectivity index (χ4n) is 3.73. The number of benzene rings is 3. The molecule has 7 nitrogen and oxygen atoms in total. The standard InChI is InChI=1S/C28H32IN3O4S/c1-20(2)30-28(34)22(4)31(18-23-12-10-21(3)11-13-23)27(33)19-32(25-16-14-24(29)15-17-25)37(35,36)26-8-6-5-7-9-26/h5-17,20,22H,18-19H2,1-4H3,(H,30,34). The van der Waals surface area contributed by atoms with Gasteiger partial charge in [-0.1, -0.05) is 48.0 Å². The number of nitrogens with zero attached hydrogens (tertiary/aromatic N) is 2. The summed E-state index contributed by atoms with van der Waals surface area (Å²) >= 11 is 2.14. The molecule has 1 atom stereocenters. The summed E-state index contributed by atoms with van der Waals surface area (Å²) in [6.07, 6.45) is 0. The SMILES string of the molecule is Cc1ccc(CN(C(=O)CN(c2ccc(I)cc2)S(=O)(=O)c2ccccc2)C(C)C(=O)NC(C)C)cc1. The lowest BCUT2D eigenvalue weighted by molar-refractivity contribution is -0.139. The fourth-order valence-corrected chi connectivity index (χ4v) is 5.53. The highest BCUT2D eigenvalue weighted by atomic mass is 127. The minimum atomic E-state index is -4.06. The lowest BCUT2D eigenvalue weighted by atomic mass is 10.1. The maximum atomic E-state index is 13.8. The normalized spacial score (nSPS) is 12.2. The lowest BCUT2D eigenvalue weighted by Crippen LogP contribution is -2.52. The van der Waals surface area contributed by atoms with Crippen LogP contribution in [0.3, 0.4) is 0 Å². The molecule has 3 rings (SSSR count). The number of halogens is 1. The summed E-state index contributed by atoms with van der Waals surface area (Å²) in [7, 11) is -4.06. The van der Waals surface area contributed by atoms with Gasteiger partial charge in [-0.2, -0.15) is 0 Å². The number of carbonyl (C=O) groups is 2. The molecule has 0 saturated heterocycles. The van der Waals surface area contributed by atoms with Crippen molar-refractivity contribution >= 4 is 50.1 Å². The van der Waals surface area contributed by atoms with E-state index in [1.807, 2.05) is 45.0 Å².